The number of aliphatic hydroxyl groups is 2. The summed E-state index contributed by atoms with van der Waals surface area (Å²) in [5.41, 5.74) is -0.205. The Balaban J connectivity index is 2.53. The first-order valence-electron chi connectivity index (χ1n) is 6.28. The van der Waals surface area contributed by atoms with Crippen LogP contribution in [0, 0.1) is 0 Å². The number of carbonyl (C=O) groups is 1. The lowest BCUT2D eigenvalue weighted by molar-refractivity contribution is 0.0130. The molecule has 0 heterocycles. The molecule has 20 heavy (non-hydrogen) atoms. The zero-order valence-corrected chi connectivity index (χ0v) is 12.5. The molecule has 2 unspecified atom stereocenters. The lowest BCUT2D eigenvalue weighted by Gasteiger charge is -2.22. The molecular formula is C14H20ClNO4. The number of hydrogen-bond donors (Lipinski definition) is 3. The summed E-state index contributed by atoms with van der Waals surface area (Å²) >= 11 is 5.93. The SMILES string of the molecule is CC(C)(C)OC(=O)NCC(O)C(O)c1ccccc1Cl. The van der Waals surface area contributed by atoms with Gasteiger partial charge in [0.25, 0.3) is 0 Å². The highest BCUT2D eigenvalue weighted by Gasteiger charge is 2.22. The second-order valence-electron chi connectivity index (χ2n) is 5.42. The molecule has 0 aliphatic rings. The summed E-state index contributed by atoms with van der Waals surface area (Å²) in [5.74, 6) is 0. The van der Waals surface area contributed by atoms with Crippen LogP contribution in [0.3, 0.4) is 0 Å². The Morgan fingerprint density at radius 1 is 1.35 bits per heavy atom. The van der Waals surface area contributed by atoms with Gasteiger partial charge in [0, 0.05) is 17.1 Å². The summed E-state index contributed by atoms with van der Waals surface area (Å²) < 4.78 is 5.03. The number of alkyl carbamates (subject to hydrolysis) is 1. The van der Waals surface area contributed by atoms with Crippen molar-refractivity contribution in [2.75, 3.05) is 6.54 Å². The lowest BCUT2D eigenvalue weighted by Crippen LogP contribution is -2.38. The van der Waals surface area contributed by atoms with Crippen molar-refractivity contribution < 1.29 is 19.7 Å². The van der Waals surface area contributed by atoms with Gasteiger partial charge in [-0.05, 0) is 26.8 Å². The van der Waals surface area contributed by atoms with E-state index in [2.05, 4.69) is 5.32 Å². The summed E-state index contributed by atoms with van der Waals surface area (Å²) in [5, 5.41) is 22.6. The van der Waals surface area contributed by atoms with E-state index in [-0.39, 0.29) is 6.54 Å². The maximum Gasteiger partial charge on any atom is 0.407 e. The topological polar surface area (TPSA) is 78.8 Å². The number of amides is 1. The molecule has 0 radical (unpaired) electrons. The van der Waals surface area contributed by atoms with Gasteiger partial charge in [-0.15, -0.1) is 0 Å². The first kappa shape index (κ1) is 16.8. The summed E-state index contributed by atoms with van der Waals surface area (Å²) in [6.07, 6.45) is -3.01. The molecule has 1 aromatic carbocycles. The van der Waals surface area contributed by atoms with Crippen LogP contribution >= 0.6 is 11.6 Å². The van der Waals surface area contributed by atoms with Gasteiger partial charge in [0.05, 0.1) is 0 Å². The van der Waals surface area contributed by atoms with Gasteiger partial charge in [-0.1, -0.05) is 29.8 Å². The van der Waals surface area contributed by atoms with E-state index in [0.29, 0.717) is 10.6 Å². The number of hydrogen-bond acceptors (Lipinski definition) is 4. The minimum atomic E-state index is -1.18. The standard InChI is InChI=1S/C14H20ClNO4/c1-14(2,3)20-13(19)16-8-11(17)12(18)9-6-4-5-7-10(9)15/h4-7,11-12,17-18H,8H2,1-3H3,(H,16,19). The molecule has 0 bridgehead atoms. The first-order chi connectivity index (χ1) is 9.20. The monoisotopic (exact) mass is 301 g/mol. The largest absolute Gasteiger partial charge is 0.444 e. The van der Waals surface area contributed by atoms with E-state index in [0.717, 1.165) is 0 Å². The zero-order chi connectivity index (χ0) is 15.3. The molecule has 6 heteroatoms. The van der Waals surface area contributed by atoms with Gasteiger partial charge in [-0.3, -0.25) is 0 Å². The minimum absolute atomic E-state index is 0.138. The van der Waals surface area contributed by atoms with Crippen LogP contribution in [0.4, 0.5) is 4.79 Å². The Kier molecular flexibility index (Phi) is 5.80. The fourth-order valence-electron chi connectivity index (χ4n) is 1.54. The van der Waals surface area contributed by atoms with Crippen molar-refractivity contribution in [2.24, 2.45) is 0 Å². The molecule has 3 N–H and O–H groups in total. The van der Waals surface area contributed by atoms with Crippen LogP contribution in [-0.4, -0.2) is 34.6 Å². The van der Waals surface area contributed by atoms with E-state index >= 15 is 0 Å². The number of aliphatic hydroxyl groups excluding tert-OH is 2. The van der Waals surface area contributed by atoms with E-state index in [1.807, 2.05) is 0 Å². The van der Waals surface area contributed by atoms with Crippen molar-refractivity contribution in [1.29, 1.82) is 0 Å². The van der Waals surface area contributed by atoms with Crippen molar-refractivity contribution in [3.63, 3.8) is 0 Å². The minimum Gasteiger partial charge on any atom is -0.444 e. The van der Waals surface area contributed by atoms with Crippen molar-refractivity contribution in [1.82, 2.24) is 5.32 Å². The third kappa shape index (κ3) is 5.36. The van der Waals surface area contributed by atoms with Gasteiger partial charge >= 0.3 is 6.09 Å². The number of nitrogens with one attached hydrogen (secondary N) is 1. The van der Waals surface area contributed by atoms with Crippen molar-refractivity contribution in [2.45, 2.75) is 38.6 Å². The van der Waals surface area contributed by atoms with Crippen molar-refractivity contribution in [3.05, 3.63) is 34.9 Å². The predicted octanol–water partition coefficient (Wildman–Crippen LogP) is 2.26. The molecule has 2 atom stereocenters. The highest BCUT2D eigenvalue weighted by molar-refractivity contribution is 6.31. The van der Waals surface area contributed by atoms with Crippen LogP contribution in [0.15, 0.2) is 24.3 Å². The van der Waals surface area contributed by atoms with Gasteiger partial charge in [0.1, 0.15) is 17.8 Å². The maximum absolute atomic E-state index is 11.4. The second-order valence-corrected chi connectivity index (χ2v) is 5.82. The van der Waals surface area contributed by atoms with E-state index in [1.165, 1.54) is 0 Å². The molecule has 1 amide bonds. The normalized spacial score (nSPS) is 14.5. The van der Waals surface area contributed by atoms with Crippen LogP contribution in [0.25, 0.3) is 0 Å². The van der Waals surface area contributed by atoms with E-state index in [1.54, 1.807) is 45.0 Å². The number of ether oxygens (including phenoxy) is 1. The second kappa shape index (κ2) is 6.92. The number of benzene rings is 1. The van der Waals surface area contributed by atoms with Gasteiger partial charge in [0.2, 0.25) is 0 Å². The molecule has 1 aromatic rings. The molecule has 0 aliphatic carbocycles. The number of halogens is 1. The van der Waals surface area contributed by atoms with E-state index in [9.17, 15) is 15.0 Å². The van der Waals surface area contributed by atoms with Crippen LogP contribution < -0.4 is 5.32 Å². The van der Waals surface area contributed by atoms with Gasteiger partial charge < -0.3 is 20.3 Å². The third-order valence-electron chi connectivity index (χ3n) is 2.44. The van der Waals surface area contributed by atoms with Crippen LogP contribution in [0.2, 0.25) is 5.02 Å². The zero-order valence-electron chi connectivity index (χ0n) is 11.8. The molecule has 0 aliphatic heterocycles. The molecule has 0 spiro atoms. The van der Waals surface area contributed by atoms with Crippen LogP contribution in [-0.2, 0) is 4.74 Å². The Labute approximate surface area is 123 Å². The highest BCUT2D eigenvalue weighted by atomic mass is 35.5. The number of rotatable bonds is 4. The predicted molar refractivity (Wildman–Crippen MR) is 76.7 cm³/mol. The Morgan fingerprint density at radius 3 is 2.50 bits per heavy atom. The van der Waals surface area contributed by atoms with E-state index in [4.69, 9.17) is 16.3 Å². The molecule has 1 rings (SSSR count). The molecule has 5 nitrogen and oxygen atoms in total. The fraction of sp³-hybridized carbons (Fsp3) is 0.500. The summed E-state index contributed by atoms with van der Waals surface area (Å²) in [6.45, 7) is 5.08. The van der Waals surface area contributed by atoms with Crippen molar-refractivity contribution >= 4 is 17.7 Å². The molecule has 0 aromatic heterocycles. The van der Waals surface area contributed by atoms with Gasteiger partial charge in [0.15, 0.2) is 0 Å². The molecule has 0 saturated carbocycles. The molecule has 112 valence electrons. The van der Waals surface area contributed by atoms with Crippen molar-refractivity contribution in [3.8, 4) is 0 Å². The van der Waals surface area contributed by atoms with Crippen LogP contribution in [0.5, 0.6) is 0 Å². The van der Waals surface area contributed by atoms with Crippen LogP contribution in [0.1, 0.15) is 32.4 Å². The van der Waals surface area contributed by atoms with Gasteiger partial charge in [-0.25, -0.2) is 4.79 Å². The molecule has 0 fully saturated rings. The quantitative estimate of drug-likeness (QED) is 0.797. The Morgan fingerprint density at radius 2 is 1.95 bits per heavy atom. The summed E-state index contributed by atoms with van der Waals surface area (Å²) in [7, 11) is 0. The average Bonchev–Trinajstić information content (AvgIpc) is 2.33. The average molecular weight is 302 g/mol. The first-order valence-corrected chi connectivity index (χ1v) is 6.66. The maximum atomic E-state index is 11.4. The van der Waals surface area contributed by atoms with E-state index < -0.39 is 23.9 Å². The third-order valence-corrected chi connectivity index (χ3v) is 2.79. The molecular weight excluding hydrogens is 282 g/mol. The number of carbonyl (C=O) groups excluding carboxylic acids is 1. The highest BCUT2D eigenvalue weighted by Crippen LogP contribution is 2.24. The Bertz CT molecular complexity index is 459. The molecule has 0 saturated heterocycles. The Hall–Kier alpha value is -1.30. The smallest absolute Gasteiger partial charge is 0.407 e. The summed E-state index contributed by atoms with van der Waals surface area (Å²) in [4.78, 5) is 11.4. The summed E-state index contributed by atoms with van der Waals surface area (Å²) in [6, 6.07) is 6.67. The van der Waals surface area contributed by atoms with Gasteiger partial charge in [-0.2, -0.15) is 0 Å². The lowest BCUT2D eigenvalue weighted by atomic mass is 10.0. The fourth-order valence-corrected chi connectivity index (χ4v) is 1.78.